The van der Waals surface area contributed by atoms with Crippen LogP contribution < -0.4 is 0 Å². The Balaban J connectivity index is 2.06. The zero-order valence-electron chi connectivity index (χ0n) is 9.24. The third-order valence-corrected chi connectivity index (χ3v) is 5.03. The molecule has 0 aromatic rings. The zero-order chi connectivity index (χ0) is 10.9. The van der Waals surface area contributed by atoms with Crippen molar-refractivity contribution < 1.29 is 9.90 Å². The Kier molecular flexibility index (Phi) is 3.26. The molecule has 2 rings (SSSR count). The number of carbonyl (C=O) groups excluding carboxylic acids is 1. The first kappa shape index (κ1) is 11.3. The van der Waals surface area contributed by atoms with Crippen molar-refractivity contribution in [3.8, 4) is 0 Å². The minimum absolute atomic E-state index is 0.0792. The number of hydrogen-bond acceptors (Lipinski definition) is 3. The second kappa shape index (κ2) is 4.34. The van der Waals surface area contributed by atoms with Gasteiger partial charge in [-0.2, -0.15) is 0 Å². The number of aliphatic hydroxyl groups is 1. The topological polar surface area (TPSA) is 40.5 Å². The fourth-order valence-electron chi connectivity index (χ4n) is 2.54. The lowest BCUT2D eigenvalue weighted by Gasteiger charge is -2.31. The van der Waals surface area contributed by atoms with E-state index in [1.807, 2.05) is 4.90 Å². The first-order valence-electron chi connectivity index (χ1n) is 5.73. The van der Waals surface area contributed by atoms with Gasteiger partial charge in [0.1, 0.15) is 0 Å². The van der Waals surface area contributed by atoms with Crippen LogP contribution in [0.5, 0.6) is 0 Å². The predicted molar refractivity (Wildman–Crippen MR) is 61.9 cm³/mol. The van der Waals surface area contributed by atoms with Crippen molar-refractivity contribution in [3.63, 3.8) is 0 Å². The highest BCUT2D eigenvalue weighted by atomic mass is 32.2. The molecule has 0 bridgehead atoms. The average Bonchev–Trinajstić information content (AvgIpc) is 2.85. The quantitative estimate of drug-likeness (QED) is 0.775. The highest BCUT2D eigenvalue weighted by Gasteiger charge is 2.42. The molecule has 0 spiro atoms. The Morgan fingerprint density at radius 1 is 1.60 bits per heavy atom. The molecule has 0 aromatic carbocycles. The lowest BCUT2D eigenvalue weighted by atomic mass is 10.0. The molecule has 15 heavy (non-hydrogen) atoms. The van der Waals surface area contributed by atoms with E-state index in [0.29, 0.717) is 0 Å². The molecule has 2 saturated heterocycles. The van der Waals surface area contributed by atoms with E-state index in [4.69, 9.17) is 0 Å². The normalized spacial score (nSPS) is 36.1. The van der Waals surface area contributed by atoms with Gasteiger partial charge in [0.05, 0.1) is 17.4 Å². The molecular formula is C11H19NO2S. The number of hydrogen-bond donors (Lipinski definition) is 1. The standard InChI is InChI=1S/C11H19NO2S/c1-11(5-3-7-15-11)10(14)12-6-2-4-9(12)8-13/h9,13H,2-8H2,1H3/t9-,11?/m0/s1. The Hall–Kier alpha value is -0.220. The molecule has 2 heterocycles. The second-order valence-corrected chi connectivity index (χ2v) is 6.26. The van der Waals surface area contributed by atoms with Crippen LogP contribution in [0.15, 0.2) is 0 Å². The van der Waals surface area contributed by atoms with Crippen LogP contribution >= 0.6 is 11.8 Å². The Bertz CT molecular complexity index is 251. The Labute approximate surface area is 95.2 Å². The maximum Gasteiger partial charge on any atom is 0.238 e. The molecule has 2 aliphatic heterocycles. The van der Waals surface area contributed by atoms with Crippen LogP contribution in [0.2, 0.25) is 0 Å². The SMILES string of the molecule is CC1(C(=O)N2CCC[C@H]2CO)CCCS1. The summed E-state index contributed by atoms with van der Waals surface area (Å²) in [5.41, 5.74) is 0. The number of nitrogens with zero attached hydrogens (tertiary/aromatic N) is 1. The van der Waals surface area contributed by atoms with Crippen molar-refractivity contribution in [2.24, 2.45) is 0 Å². The van der Waals surface area contributed by atoms with Crippen LogP contribution in [0, 0.1) is 0 Å². The van der Waals surface area contributed by atoms with Crippen molar-refractivity contribution in [2.45, 2.75) is 43.4 Å². The lowest BCUT2D eigenvalue weighted by molar-refractivity contribution is -0.134. The Morgan fingerprint density at radius 3 is 3.00 bits per heavy atom. The van der Waals surface area contributed by atoms with E-state index >= 15 is 0 Å². The van der Waals surface area contributed by atoms with Crippen molar-refractivity contribution in [3.05, 3.63) is 0 Å². The van der Waals surface area contributed by atoms with Gasteiger partial charge in [0.15, 0.2) is 0 Å². The maximum absolute atomic E-state index is 12.3. The van der Waals surface area contributed by atoms with Gasteiger partial charge in [0.25, 0.3) is 0 Å². The van der Waals surface area contributed by atoms with E-state index in [9.17, 15) is 9.90 Å². The number of thioether (sulfide) groups is 1. The van der Waals surface area contributed by atoms with E-state index in [2.05, 4.69) is 6.92 Å². The number of carbonyl (C=O) groups is 1. The zero-order valence-corrected chi connectivity index (χ0v) is 10.1. The number of likely N-dealkylation sites (tertiary alicyclic amines) is 1. The summed E-state index contributed by atoms with van der Waals surface area (Å²) in [5.74, 6) is 1.35. The van der Waals surface area contributed by atoms with Crippen molar-refractivity contribution in [1.82, 2.24) is 4.90 Å². The van der Waals surface area contributed by atoms with E-state index in [-0.39, 0.29) is 23.3 Å². The van der Waals surface area contributed by atoms with E-state index < -0.39 is 0 Å². The molecule has 0 saturated carbocycles. The van der Waals surface area contributed by atoms with Crippen LogP contribution in [0.25, 0.3) is 0 Å². The minimum atomic E-state index is -0.211. The third kappa shape index (κ3) is 2.02. The number of amides is 1. The van der Waals surface area contributed by atoms with Gasteiger partial charge in [0.2, 0.25) is 5.91 Å². The minimum Gasteiger partial charge on any atom is -0.394 e. The molecule has 0 aliphatic carbocycles. The van der Waals surface area contributed by atoms with Crippen LogP contribution in [0.1, 0.15) is 32.6 Å². The summed E-state index contributed by atoms with van der Waals surface area (Å²) in [6, 6.07) is 0.0792. The monoisotopic (exact) mass is 229 g/mol. The van der Waals surface area contributed by atoms with Crippen molar-refractivity contribution in [1.29, 1.82) is 0 Å². The van der Waals surface area contributed by atoms with E-state index in [1.54, 1.807) is 11.8 Å². The van der Waals surface area contributed by atoms with Gasteiger partial charge in [-0.1, -0.05) is 0 Å². The van der Waals surface area contributed by atoms with Crippen LogP contribution in [0.3, 0.4) is 0 Å². The summed E-state index contributed by atoms with van der Waals surface area (Å²) in [6.07, 6.45) is 4.14. The molecule has 4 heteroatoms. The average molecular weight is 229 g/mol. The fourth-order valence-corrected chi connectivity index (χ4v) is 3.81. The first-order chi connectivity index (χ1) is 7.17. The number of aliphatic hydroxyl groups excluding tert-OH is 1. The van der Waals surface area contributed by atoms with Crippen molar-refractivity contribution >= 4 is 17.7 Å². The molecular weight excluding hydrogens is 210 g/mol. The van der Waals surface area contributed by atoms with E-state index in [1.165, 1.54) is 0 Å². The summed E-state index contributed by atoms with van der Waals surface area (Å²) in [4.78, 5) is 14.2. The fraction of sp³-hybridized carbons (Fsp3) is 0.909. The summed E-state index contributed by atoms with van der Waals surface area (Å²) < 4.78 is -0.211. The molecule has 2 fully saturated rings. The van der Waals surface area contributed by atoms with Gasteiger partial charge in [-0.3, -0.25) is 4.79 Å². The maximum atomic E-state index is 12.3. The van der Waals surface area contributed by atoms with Gasteiger partial charge in [0, 0.05) is 6.54 Å². The Morgan fingerprint density at radius 2 is 2.40 bits per heavy atom. The van der Waals surface area contributed by atoms with Crippen molar-refractivity contribution in [2.75, 3.05) is 18.9 Å². The smallest absolute Gasteiger partial charge is 0.238 e. The molecule has 2 atom stereocenters. The molecule has 1 N–H and O–H groups in total. The highest BCUT2D eigenvalue weighted by Crippen LogP contribution is 2.40. The van der Waals surface area contributed by atoms with Crippen LogP contribution in [-0.4, -0.2) is 45.6 Å². The van der Waals surface area contributed by atoms with Crippen LogP contribution in [0.4, 0.5) is 0 Å². The molecule has 1 unspecified atom stereocenters. The number of rotatable bonds is 2. The summed E-state index contributed by atoms with van der Waals surface area (Å²) in [5, 5.41) is 9.21. The molecule has 1 amide bonds. The molecule has 0 aromatic heterocycles. The van der Waals surface area contributed by atoms with Gasteiger partial charge in [-0.05, 0) is 38.4 Å². The summed E-state index contributed by atoms with van der Waals surface area (Å²) >= 11 is 1.78. The van der Waals surface area contributed by atoms with Gasteiger partial charge >= 0.3 is 0 Å². The predicted octanol–water partition coefficient (Wildman–Crippen LogP) is 1.26. The highest BCUT2D eigenvalue weighted by molar-refractivity contribution is 8.01. The molecule has 3 nitrogen and oxygen atoms in total. The van der Waals surface area contributed by atoms with Gasteiger partial charge in [-0.25, -0.2) is 0 Å². The first-order valence-corrected chi connectivity index (χ1v) is 6.72. The third-order valence-electron chi connectivity index (χ3n) is 3.52. The lowest BCUT2D eigenvalue weighted by Crippen LogP contribution is -2.47. The second-order valence-electron chi connectivity index (χ2n) is 4.66. The molecule has 2 aliphatic rings. The van der Waals surface area contributed by atoms with E-state index in [0.717, 1.165) is 38.0 Å². The van der Waals surface area contributed by atoms with Crippen LogP contribution in [-0.2, 0) is 4.79 Å². The molecule has 86 valence electrons. The largest absolute Gasteiger partial charge is 0.394 e. The van der Waals surface area contributed by atoms with Gasteiger partial charge < -0.3 is 10.0 Å². The molecule has 0 radical (unpaired) electrons. The summed E-state index contributed by atoms with van der Waals surface area (Å²) in [7, 11) is 0. The van der Waals surface area contributed by atoms with Gasteiger partial charge in [-0.15, -0.1) is 11.8 Å². The summed E-state index contributed by atoms with van der Waals surface area (Å²) in [6.45, 7) is 3.01.